The van der Waals surface area contributed by atoms with Crippen LogP contribution in [0, 0.1) is 0 Å². The van der Waals surface area contributed by atoms with E-state index in [0.29, 0.717) is 13.2 Å². The Labute approximate surface area is 183 Å². The molecular formula is C24H33BrN2O2. The Morgan fingerprint density at radius 3 is 2.41 bits per heavy atom. The normalized spacial score (nSPS) is 12.3. The van der Waals surface area contributed by atoms with Gasteiger partial charge in [0.15, 0.2) is 0 Å². The number of hydrogen-bond donors (Lipinski definition) is 2. The number of nitrogens with one attached hydrogen (secondary N) is 2. The van der Waals surface area contributed by atoms with E-state index in [1.165, 1.54) is 11.1 Å². The summed E-state index contributed by atoms with van der Waals surface area (Å²) in [7, 11) is 0. The maximum Gasteiger partial charge on any atom is 0.315 e. The van der Waals surface area contributed by atoms with Crippen LogP contribution in [0.5, 0.6) is 5.75 Å². The molecule has 0 heterocycles. The van der Waals surface area contributed by atoms with Crippen molar-refractivity contribution in [3.8, 4) is 5.75 Å². The lowest BCUT2D eigenvalue weighted by atomic mass is 9.87. The second-order valence-corrected chi connectivity index (χ2v) is 9.17. The molecule has 158 valence electrons. The maximum absolute atomic E-state index is 12.1. The van der Waals surface area contributed by atoms with Gasteiger partial charge in [-0.25, -0.2) is 4.79 Å². The smallest absolute Gasteiger partial charge is 0.315 e. The summed E-state index contributed by atoms with van der Waals surface area (Å²) in [4.78, 5) is 12.1. The molecule has 4 nitrogen and oxygen atoms in total. The predicted molar refractivity (Wildman–Crippen MR) is 124 cm³/mol. The first kappa shape index (κ1) is 23.3. The maximum atomic E-state index is 12.1. The number of carbonyl (C=O) groups is 1. The first-order valence-electron chi connectivity index (χ1n) is 10.3. The minimum absolute atomic E-state index is 0.0329. The minimum Gasteiger partial charge on any atom is -0.492 e. The highest BCUT2D eigenvalue weighted by Crippen LogP contribution is 2.31. The lowest BCUT2D eigenvalue weighted by Crippen LogP contribution is -2.37. The van der Waals surface area contributed by atoms with E-state index in [4.69, 9.17) is 4.74 Å². The fourth-order valence-electron chi connectivity index (χ4n) is 2.91. The number of ether oxygens (including phenoxy) is 1. The molecule has 5 heteroatoms. The van der Waals surface area contributed by atoms with E-state index in [1.807, 2.05) is 13.0 Å². The quantitative estimate of drug-likeness (QED) is 0.464. The van der Waals surface area contributed by atoms with Gasteiger partial charge in [0, 0.05) is 6.54 Å². The zero-order valence-electron chi connectivity index (χ0n) is 18.1. The summed E-state index contributed by atoms with van der Waals surface area (Å²) in [5, 5.41) is 5.87. The summed E-state index contributed by atoms with van der Waals surface area (Å²) in [6, 6.07) is 14.4. The zero-order chi connectivity index (χ0) is 21.4. The first-order chi connectivity index (χ1) is 13.7. The SMILES string of the molecule is CCc1ccc(C(C)NC(=O)NCCCOc2ccc(C(C)(C)C)cc2Br)cc1. The Morgan fingerprint density at radius 2 is 1.83 bits per heavy atom. The van der Waals surface area contributed by atoms with Gasteiger partial charge in [0.25, 0.3) is 0 Å². The number of rotatable bonds is 8. The van der Waals surface area contributed by atoms with Crippen molar-refractivity contribution in [3.63, 3.8) is 0 Å². The van der Waals surface area contributed by atoms with Crippen molar-refractivity contribution in [2.75, 3.05) is 13.2 Å². The summed E-state index contributed by atoms with van der Waals surface area (Å²) >= 11 is 3.59. The fourth-order valence-corrected chi connectivity index (χ4v) is 3.41. The van der Waals surface area contributed by atoms with E-state index in [2.05, 4.69) is 90.7 Å². The molecular weight excluding hydrogens is 428 g/mol. The van der Waals surface area contributed by atoms with Gasteiger partial charge in [0.05, 0.1) is 17.1 Å². The van der Waals surface area contributed by atoms with Gasteiger partial charge in [0.2, 0.25) is 0 Å². The molecule has 2 amide bonds. The summed E-state index contributed by atoms with van der Waals surface area (Å²) in [6.45, 7) is 11.8. The Morgan fingerprint density at radius 1 is 1.14 bits per heavy atom. The Bertz CT molecular complexity index is 798. The summed E-state index contributed by atoms with van der Waals surface area (Å²) in [6.07, 6.45) is 1.75. The number of carbonyl (C=O) groups excluding carboxylic acids is 1. The Kier molecular flexibility index (Phi) is 8.57. The number of aryl methyl sites for hydroxylation is 1. The zero-order valence-corrected chi connectivity index (χ0v) is 19.7. The van der Waals surface area contributed by atoms with Crippen LogP contribution in [0.2, 0.25) is 0 Å². The molecule has 0 fully saturated rings. The lowest BCUT2D eigenvalue weighted by molar-refractivity contribution is 0.236. The number of benzene rings is 2. The molecule has 2 aromatic carbocycles. The summed E-state index contributed by atoms with van der Waals surface area (Å²) in [5.41, 5.74) is 3.76. The highest BCUT2D eigenvalue weighted by atomic mass is 79.9. The molecule has 1 atom stereocenters. The van der Waals surface area contributed by atoms with Crippen LogP contribution in [0.15, 0.2) is 46.9 Å². The molecule has 29 heavy (non-hydrogen) atoms. The molecule has 2 rings (SSSR count). The van der Waals surface area contributed by atoms with Crippen molar-refractivity contribution in [1.29, 1.82) is 0 Å². The number of hydrogen-bond acceptors (Lipinski definition) is 2. The minimum atomic E-state index is -0.159. The summed E-state index contributed by atoms with van der Waals surface area (Å²) < 4.78 is 6.80. The second-order valence-electron chi connectivity index (χ2n) is 8.31. The van der Waals surface area contributed by atoms with Gasteiger partial charge >= 0.3 is 6.03 Å². The van der Waals surface area contributed by atoms with Crippen molar-refractivity contribution >= 4 is 22.0 Å². The predicted octanol–water partition coefficient (Wildman–Crippen LogP) is 6.14. The topological polar surface area (TPSA) is 50.4 Å². The van der Waals surface area contributed by atoms with Crippen LogP contribution in [0.1, 0.15) is 63.8 Å². The van der Waals surface area contributed by atoms with E-state index >= 15 is 0 Å². The molecule has 0 bridgehead atoms. The van der Waals surface area contributed by atoms with Gasteiger partial charge in [-0.3, -0.25) is 0 Å². The third kappa shape index (κ3) is 7.39. The van der Waals surface area contributed by atoms with Crippen molar-refractivity contribution < 1.29 is 9.53 Å². The second kappa shape index (κ2) is 10.7. The molecule has 0 aromatic heterocycles. The molecule has 0 spiro atoms. The highest BCUT2D eigenvalue weighted by molar-refractivity contribution is 9.10. The van der Waals surface area contributed by atoms with Crippen molar-refractivity contribution in [1.82, 2.24) is 10.6 Å². The van der Waals surface area contributed by atoms with Gasteiger partial charge in [0.1, 0.15) is 5.75 Å². The van der Waals surface area contributed by atoms with Crippen LogP contribution in [0.3, 0.4) is 0 Å². The van der Waals surface area contributed by atoms with Crippen LogP contribution in [0.25, 0.3) is 0 Å². The largest absolute Gasteiger partial charge is 0.492 e. The third-order valence-electron chi connectivity index (χ3n) is 4.90. The van der Waals surface area contributed by atoms with Crippen molar-refractivity contribution in [2.45, 2.75) is 58.9 Å². The van der Waals surface area contributed by atoms with E-state index in [1.54, 1.807) is 0 Å². The van der Waals surface area contributed by atoms with E-state index < -0.39 is 0 Å². The van der Waals surface area contributed by atoms with Gasteiger partial charge in [-0.1, -0.05) is 58.0 Å². The van der Waals surface area contributed by atoms with Crippen LogP contribution in [0.4, 0.5) is 4.79 Å². The van der Waals surface area contributed by atoms with Crippen LogP contribution >= 0.6 is 15.9 Å². The standard InChI is InChI=1S/C24H33BrN2O2/c1-6-18-8-10-19(11-9-18)17(2)27-23(28)26-14-7-15-29-22-13-12-20(16-21(22)25)24(3,4)5/h8-13,16-17H,6-7,14-15H2,1-5H3,(H2,26,27,28). The average molecular weight is 461 g/mol. The first-order valence-corrected chi connectivity index (χ1v) is 11.1. The number of halogens is 1. The fraction of sp³-hybridized carbons (Fsp3) is 0.458. The third-order valence-corrected chi connectivity index (χ3v) is 5.52. The molecule has 2 aromatic rings. The molecule has 1 unspecified atom stereocenters. The number of amides is 2. The Balaban J connectivity index is 1.70. The van der Waals surface area contributed by atoms with Crippen molar-refractivity contribution in [2.24, 2.45) is 0 Å². The van der Waals surface area contributed by atoms with Crippen LogP contribution < -0.4 is 15.4 Å². The molecule has 0 saturated carbocycles. The molecule has 0 aliphatic rings. The molecule has 2 N–H and O–H groups in total. The number of urea groups is 1. The van der Waals surface area contributed by atoms with Gasteiger partial charge in [-0.05, 0) is 69.9 Å². The van der Waals surface area contributed by atoms with Crippen LogP contribution in [-0.2, 0) is 11.8 Å². The Hall–Kier alpha value is -2.01. The molecule has 0 radical (unpaired) electrons. The van der Waals surface area contributed by atoms with Gasteiger partial charge in [-0.2, -0.15) is 0 Å². The molecule has 0 saturated heterocycles. The van der Waals surface area contributed by atoms with E-state index in [-0.39, 0.29) is 17.5 Å². The average Bonchev–Trinajstić information content (AvgIpc) is 2.68. The summed E-state index contributed by atoms with van der Waals surface area (Å²) in [5.74, 6) is 0.826. The molecule has 0 aliphatic carbocycles. The molecule has 0 aliphatic heterocycles. The van der Waals surface area contributed by atoms with Crippen LogP contribution in [-0.4, -0.2) is 19.2 Å². The van der Waals surface area contributed by atoms with Gasteiger partial charge < -0.3 is 15.4 Å². The highest BCUT2D eigenvalue weighted by Gasteiger charge is 2.15. The lowest BCUT2D eigenvalue weighted by Gasteiger charge is -2.20. The van der Waals surface area contributed by atoms with E-state index in [9.17, 15) is 4.79 Å². The monoisotopic (exact) mass is 460 g/mol. The van der Waals surface area contributed by atoms with Gasteiger partial charge in [-0.15, -0.1) is 0 Å². The van der Waals surface area contributed by atoms with Crippen molar-refractivity contribution in [3.05, 3.63) is 63.6 Å². The van der Waals surface area contributed by atoms with E-state index in [0.717, 1.165) is 28.6 Å².